The minimum Gasteiger partial charge on any atom is -0.309 e. The maximum atomic E-state index is 6.21. The highest BCUT2D eigenvalue weighted by Gasteiger charge is 2.44. The fraction of sp³-hybridized carbons (Fsp3) is 0.647. The Hall–Kier alpha value is -0.530. The Labute approximate surface area is 121 Å². The first-order valence-electron chi connectivity index (χ1n) is 7.55. The van der Waals surface area contributed by atoms with Gasteiger partial charge in [-0.05, 0) is 81.1 Å². The smallest absolute Gasteiger partial charge is 0.0408 e. The Kier molecular flexibility index (Phi) is 3.86. The molecule has 1 nitrogen and oxygen atoms in total. The average molecular weight is 278 g/mol. The third kappa shape index (κ3) is 2.68. The Morgan fingerprint density at radius 3 is 2.42 bits per heavy atom. The van der Waals surface area contributed by atoms with E-state index >= 15 is 0 Å². The Balaban J connectivity index is 1.91. The third-order valence-corrected chi connectivity index (χ3v) is 5.44. The van der Waals surface area contributed by atoms with Crippen LogP contribution in [0.15, 0.2) is 24.3 Å². The van der Waals surface area contributed by atoms with Gasteiger partial charge in [-0.3, -0.25) is 0 Å². The Morgan fingerprint density at radius 1 is 1.11 bits per heavy atom. The van der Waals surface area contributed by atoms with Gasteiger partial charge in [-0.1, -0.05) is 23.7 Å². The van der Waals surface area contributed by atoms with E-state index in [9.17, 15) is 0 Å². The fourth-order valence-electron chi connectivity index (χ4n) is 4.49. The van der Waals surface area contributed by atoms with Gasteiger partial charge in [-0.25, -0.2) is 0 Å². The second kappa shape index (κ2) is 5.46. The van der Waals surface area contributed by atoms with Crippen molar-refractivity contribution < 1.29 is 0 Å². The topological polar surface area (TPSA) is 3.24 Å². The largest absolute Gasteiger partial charge is 0.309 e. The first-order chi connectivity index (χ1) is 9.15. The molecule has 3 aliphatic carbocycles. The van der Waals surface area contributed by atoms with Crippen LogP contribution in [0, 0.1) is 17.8 Å². The van der Waals surface area contributed by atoms with Crippen LogP contribution < -0.4 is 0 Å². The van der Waals surface area contributed by atoms with Gasteiger partial charge in [0.1, 0.15) is 0 Å². The summed E-state index contributed by atoms with van der Waals surface area (Å²) in [6.07, 6.45) is 5.73. The number of hydrogen-bond donors (Lipinski definition) is 0. The van der Waals surface area contributed by atoms with Gasteiger partial charge in [-0.15, -0.1) is 0 Å². The van der Waals surface area contributed by atoms with Crippen LogP contribution in [0.5, 0.6) is 0 Å². The number of fused-ring (bicyclic) bond motifs is 3. The summed E-state index contributed by atoms with van der Waals surface area (Å²) < 4.78 is 0. The standard InChI is InChI=1S/C17H24ClN/c1-19(2)11-16-12-6-8-13(9-7-12)17(16)14-4-3-5-15(18)10-14/h3-5,10,12-13,16-17H,6-9,11H2,1-2H3/t12?,13?,16-,17?/m1/s1. The predicted molar refractivity (Wildman–Crippen MR) is 81.7 cm³/mol. The number of rotatable bonds is 3. The van der Waals surface area contributed by atoms with E-state index in [2.05, 4.69) is 37.2 Å². The molecule has 19 heavy (non-hydrogen) atoms. The third-order valence-electron chi connectivity index (χ3n) is 5.20. The van der Waals surface area contributed by atoms with Crippen molar-refractivity contribution in [2.75, 3.05) is 20.6 Å². The summed E-state index contributed by atoms with van der Waals surface area (Å²) >= 11 is 6.21. The highest BCUT2D eigenvalue weighted by Crippen LogP contribution is 2.53. The maximum absolute atomic E-state index is 6.21. The van der Waals surface area contributed by atoms with E-state index in [1.54, 1.807) is 0 Å². The highest BCUT2D eigenvalue weighted by molar-refractivity contribution is 6.30. The van der Waals surface area contributed by atoms with Crippen LogP contribution in [-0.2, 0) is 0 Å². The summed E-state index contributed by atoms with van der Waals surface area (Å²) in [7, 11) is 4.41. The molecule has 0 aliphatic heterocycles. The van der Waals surface area contributed by atoms with Gasteiger partial charge < -0.3 is 4.90 Å². The van der Waals surface area contributed by atoms with E-state index in [4.69, 9.17) is 11.6 Å². The number of benzene rings is 1. The molecular formula is C17H24ClN. The van der Waals surface area contributed by atoms with Gasteiger partial charge in [0.2, 0.25) is 0 Å². The summed E-state index contributed by atoms with van der Waals surface area (Å²) in [5, 5.41) is 0.891. The Bertz CT molecular complexity index is 435. The molecule has 0 amide bonds. The van der Waals surface area contributed by atoms with Crippen LogP contribution in [0.4, 0.5) is 0 Å². The minimum atomic E-state index is 0.730. The molecule has 3 aliphatic rings. The normalized spacial score (nSPS) is 33.9. The molecule has 2 atom stereocenters. The quantitative estimate of drug-likeness (QED) is 0.790. The van der Waals surface area contributed by atoms with E-state index in [-0.39, 0.29) is 0 Å². The van der Waals surface area contributed by atoms with Crippen molar-refractivity contribution in [3.05, 3.63) is 34.9 Å². The molecule has 104 valence electrons. The summed E-state index contributed by atoms with van der Waals surface area (Å²) in [5.41, 5.74) is 1.48. The maximum Gasteiger partial charge on any atom is 0.0408 e. The van der Waals surface area contributed by atoms with E-state index in [1.165, 1.54) is 37.8 Å². The molecule has 0 N–H and O–H groups in total. The molecule has 1 aromatic rings. The summed E-state index contributed by atoms with van der Waals surface area (Å²) in [6, 6.07) is 8.61. The fourth-order valence-corrected chi connectivity index (χ4v) is 4.69. The van der Waals surface area contributed by atoms with Gasteiger partial charge in [0.25, 0.3) is 0 Å². The molecule has 0 radical (unpaired) electrons. The molecule has 2 heteroatoms. The molecule has 0 heterocycles. The second-order valence-electron chi connectivity index (χ2n) is 6.68. The number of hydrogen-bond acceptors (Lipinski definition) is 1. The number of halogens is 1. The summed E-state index contributed by atoms with van der Waals surface area (Å²) in [4.78, 5) is 2.36. The van der Waals surface area contributed by atoms with Gasteiger partial charge in [-0.2, -0.15) is 0 Å². The van der Waals surface area contributed by atoms with E-state index in [0.717, 1.165) is 28.7 Å². The van der Waals surface area contributed by atoms with Gasteiger partial charge in [0.05, 0.1) is 0 Å². The van der Waals surface area contributed by atoms with Crippen LogP contribution >= 0.6 is 11.6 Å². The molecule has 1 aromatic carbocycles. The zero-order valence-corrected chi connectivity index (χ0v) is 12.7. The summed E-state index contributed by atoms with van der Waals surface area (Å²) in [5.74, 6) is 3.36. The molecule has 0 spiro atoms. The molecule has 3 saturated carbocycles. The van der Waals surface area contributed by atoms with Crippen LogP contribution in [0.2, 0.25) is 5.02 Å². The van der Waals surface area contributed by atoms with E-state index in [0.29, 0.717) is 0 Å². The Morgan fingerprint density at radius 2 is 1.79 bits per heavy atom. The lowest BCUT2D eigenvalue weighted by Crippen LogP contribution is -2.43. The van der Waals surface area contributed by atoms with Crippen LogP contribution in [-0.4, -0.2) is 25.5 Å². The molecule has 0 saturated heterocycles. The lowest BCUT2D eigenvalue weighted by molar-refractivity contribution is 0.0507. The molecule has 2 bridgehead atoms. The lowest BCUT2D eigenvalue weighted by atomic mass is 9.57. The van der Waals surface area contributed by atoms with E-state index < -0.39 is 0 Å². The van der Waals surface area contributed by atoms with E-state index in [1.807, 2.05) is 6.07 Å². The van der Waals surface area contributed by atoms with Gasteiger partial charge >= 0.3 is 0 Å². The molecule has 4 rings (SSSR count). The molecule has 3 fully saturated rings. The van der Waals surface area contributed by atoms with Crippen molar-refractivity contribution in [2.45, 2.75) is 31.6 Å². The van der Waals surface area contributed by atoms with Crippen molar-refractivity contribution in [2.24, 2.45) is 17.8 Å². The lowest BCUT2D eigenvalue weighted by Gasteiger charge is -2.50. The van der Waals surface area contributed by atoms with Crippen molar-refractivity contribution >= 4 is 11.6 Å². The molecule has 0 aromatic heterocycles. The van der Waals surface area contributed by atoms with Gasteiger partial charge in [0, 0.05) is 11.6 Å². The van der Waals surface area contributed by atoms with Crippen molar-refractivity contribution in [3.8, 4) is 0 Å². The highest BCUT2D eigenvalue weighted by atomic mass is 35.5. The predicted octanol–water partition coefficient (Wildman–Crippen LogP) is 4.42. The van der Waals surface area contributed by atoms with Crippen molar-refractivity contribution in [1.82, 2.24) is 4.90 Å². The zero-order valence-electron chi connectivity index (χ0n) is 12.0. The minimum absolute atomic E-state index is 0.730. The van der Waals surface area contributed by atoms with Crippen LogP contribution in [0.1, 0.15) is 37.2 Å². The second-order valence-corrected chi connectivity index (χ2v) is 7.12. The first-order valence-corrected chi connectivity index (χ1v) is 7.93. The summed E-state index contributed by atoms with van der Waals surface area (Å²) in [6.45, 7) is 1.22. The average Bonchev–Trinajstić information content (AvgIpc) is 2.39. The van der Waals surface area contributed by atoms with Crippen LogP contribution in [0.25, 0.3) is 0 Å². The van der Waals surface area contributed by atoms with Crippen molar-refractivity contribution in [1.29, 1.82) is 0 Å². The van der Waals surface area contributed by atoms with Crippen molar-refractivity contribution in [3.63, 3.8) is 0 Å². The van der Waals surface area contributed by atoms with Gasteiger partial charge in [0.15, 0.2) is 0 Å². The number of nitrogens with zero attached hydrogens (tertiary/aromatic N) is 1. The zero-order chi connectivity index (χ0) is 13.4. The SMILES string of the molecule is CN(C)C[C@@H]1C2CCC(CC2)C1c1cccc(Cl)c1. The first kappa shape index (κ1) is 13.5. The monoisotopic (exact) mass is 277 g/mol. The molecule has 1 unspecified atom stereocenters. The molecular weight excluding hydrogens is 254 g/mol. The van der Waals surface area contributed by atoms with Crippen LogP contribution in [0.3, 0.4) is 0 Å².